The Kier molecular flexibility index (Phi) is 4.03. The van der Waals surface area contributed by atoms with Crippen molar-refractivity contribution in [1.82, 2.24) is 0 Å². The predicted molar refractivity (Wildman–Crippen MR) is 79.1 cm³/mol. The van der Waals surface area contributed by atoms with E-state index >= 15 is 0 Å². The molecule has 0 bridgehead atoms. The highest BCUT2D eigenvalue weighted by atomic mass is 16.6. The van der Waals surface area contributed by atoms with E-state index in [-0.39, 0.29) is 17.5 Å². The van der Waals surface area contributed by atoms with Crippen LogP contribution in [0.15, 0.2) is 24.3 Å². The van der Waals surface area contributed by atoms with Crippen LogP contribution in [0.2, 0.25) is 0 Å². The largest absolute Gasteiger partial charge is 0.481 e. The van der Waals surface area contributed by atoms with Gasteiger partial charge in [-0.25, -0.2) is 0 Å². The lowest BCUT2D eigenvalue weighted by Crippen LogP contribution is -2.39. The summed E-state index contributed by atoms with van der Waals surface area (Å²) in [4.78, 5) is 22.5. The van der Waals surface area contributed by atoms with Crippen LogP contribution in [0.4, 0.5) is 5.69 Å². The smallest absolute Gasteiger partial charge is 0.309 e. The van der Waals surface area contributed by atoms with Gasteiger partial charge in [-0.3, -0.25) is 14.9 Å². The van der Waals surface area contributed by atoms with E-state index in [1.165, 1.54) is 6.07 Å². The zero-order chi connectivity index (χ0) is 15.7. The Morgan fingerprint density at radius 3 is 2.33 bits per heavy atom. The molecule has 0 amide bonds. The average Bonchev–Trinajstić information content (AvgIpc) is 2.41. The maximum atomic E-state index is 11.8. The first-order valence-electron chi connectivity index (χ1n) is 7.22. The van der Waals surface area contributed by atoms with Gasteiger partial charge in [-0.1, -0.05) is 32.0 Å². The molecule has 5 nitrogen and oxygen atoms in total. The van der Waals surface area contributed by atoms with Gasteiger partial charge in [0.05, 0.1) is 10.3 Å². The summed E-state index contributed by atoms with van der Waals surface area (Å²) < 4.78 is 0. The molecule has 1 aliphatic rings. The molecule has 1 fully saturated rings. The van der Waals surface area contributed by atoms with Gasteiger partial charge in [0.2, 0.25) is 0 Å². The van der Waals surface area contributed by atoms with E-state index in [0.717, 1.165) is 12.8 Å². The summed E-state index contributed by atoms with van der Waals surface area (Å²) in [7, 11) is 0. The molecule has 0 radical (unpaired) electrons. The van der Waals surface area contributed by atoms with Crippen LogP contribution in [0.25, 0.3) is 0 Å². The standard InChI is InChI=1S/C16H21NO4/c1-15(2)7-9-16(10-8-15,14(18)19)11-12-5-3-4-6-13(12)17(20)21/h3-6H,7-11H2,1-2H3,(H,18,19). The van der Waals surface area contributed by atoms with Crippen molar-refractivity contribution in [1.29, 1.82) is 0 Å². The summed E-state index contributed by atoms with van der Waals surface area (Å²) in [5.74, 6) is -0.837. The molecule has 0 heterocycles. The lowest BCUT2D eigenvalue weighted by Gasteiger charge is -2.40. The van der Waals surface area contributed by atoms with E-state index in [4.69, 9.17) is 0 Å². The first-order chi connectivity index (χ1) is 9.76. The summed E-state index contributed by atoms with van der Waals surface area (Å²) >= 11 is 0. The van der Waals surface area contributed by atoms with Crippen LogP contribution < -0.4 is 0 Å². The van der Waals surface area contributed by atoms with Crippen molar-refractivity contribution in [2.45, 2.75) is 46.0 Å². The first-order valence-corrected chi connectivity index (χ1v) is 7.22. The molecule has 1 aliphatic carbocycles. The maximum Gasteiger partial charge on any atom is 0.309 e. The second-order valence-electron chi connectivity index (χ2n) is 6.81. The van der Waals surface area contributed by atoms with E-state index < -0.39 is 16.3 Å². The minimum absolute atomic E-state index is 0.0166. The number of carboxylic acids is 1. The van der Waals surface area contributed by atoms with Gasteiger partial charge in [-0.15, -0.1) is 0 Å². The normalized spacial score (nSPS) is 19.9. The van der Waals surface area contributed by atoms with Gasteiger partial charge in [0.15, 0.2) is 0 Å². The van der Waals surface area contributed by atoms with Gasteiger partial charge in [-0.2, -0.15) is 0 Å². The Balaban J connectivity index is 2.30. The number of nitro groups is 1. The lowest BCUT2D eigenvalue weighted by molar-refractivity contribution is -0.385. The molecule has 0 aromatic heterocycles. The maximum absolute atomic E-state index is 11.8. The molecular formula is C16H21NO4. The van der Waals surface area contributed by atoms with Gasteiger partial charge in [-0.05, 0) is 37.5 Å². The summed E-state index contributed by atoms with van der Waals surface area (Å²) in [6.07, 6.45) is 3.04. The van der Waals surface area contributed by atoms with Crippen LogP contribution in [0, 0.1) is 20.9 Å². The highest BCUT2D eigenvalue weighted by Crippen LogP contribution is 2.47. The highest BCUT2D eigenvalue weighted by Gasteiger charge is 2.44. The Morgan fingerprint density at radius 1 is 1.24 bits per heavy atom. The fourth-order valence-electron chi connectivity index (χ4n) is 3.07. The van der Waals surface area contributed by atoms with E-state index in [1.807, 2.05) is 0 Å². The highest BCUT2D eigenvalue weighted by molar-refractivity contribution is 5.75. The molecule has 114 valence electrons. The van der Waals surface area contributed by atoms with Gasteiger partial charge < -0.3 is 5.11 Å². The van der Waals surface area contributed by atoms with Crippen molar-refractivity contribution < 1.29 is 14.8 Å². The molecule has 2 rings (SSSR count). The Bertz CT molecular complexity index is 555. The summed E-state index contributed by atoms with van der Waals surface area (Å²) in [5.41, 5.74) is -0.184. The third kappa shape index (κ3) is 3.23. The van der Waals surface area contributed by atoms with Crippen molar-refractivity contribution in [2.75, 3.05) is 0 Å². The minimum Gasteiger partial charge on any atom is -0.481 e. The van der Waals surface area contributed by atoms with Gasteiger partial charge in [0.1, 0.15) is 0 Å². The first kappa shape index (κ1) is 15.5. The van der Waals surface area contributed by atoms with Crippen LogP contribution in [0.1, 0.15) is 45.1 Å². The van der Waals surface area contributed by atoms with E-state index in [0.29, 0.717) is 18.4 Å². The number of hydrogen-bond donors (Lipinski definition) is 1. The van der Waals surface area contributed by atoms with Crippen molar-refractivity contribution in [3.05, 3.63) is 39.9 Å². The van der Waals surface area contributed by atoms with Crippen molar-refractivity contribution in [3.8, 4) is 0 Å². The van der Waals surface area contributed by atoms with E-state index in [1.54, 1.807) is 18.2 Å². The number of nitrogens with zero attached hydrogens (tertiary/aromatic N) is 1. The van der Waals surface area contributed by atoms with Gasteiger partial charge >= 0.3 is 5.97 Å². The summed E-state index contributed by atoms with van der Waals surface area (Å²) in [6, 6.07) is 6.45. The number of aliphatic carboxylic acids is 1. The zero-order valence-electron chi connectivity index (χ0n) is 12.5. The molecule has 0 saturated heterocycles. The van der Waals surface area contributed by atoms with Crippen LogP contribution in [0.3, 0.4) is 0 Å². The molecule has 1 aromatic rings. The predicted octanol–water partition coefficient (Wildman–Crippen LogP) is 3.81. The Labute approximate surface area is 124 Å². The molecule has 21 heavy (non-hydrogen) atoms. The molecule has 0 unspecified atom stereocenters. The van der Waals surface area contributed by atoms with Crippen molar-refractivity contribution in [2.24, 2.45) is 10.8 Å². The topological polar surface area (TPSA) is 80.4 Å². The number of para-hydroxylation sites is 1. The lowest BCUT2D eigenvalue weighted by atomic mass is 9.63. The average molecular weight is 291 g/mol. The molecule has 1 N–H and O–H groups in total. The number of hydrogen-bond acceptors (Lipinski definition) is 3. The third-order valence-electron chi connectivity index (χ3n) is 4.73. The fourth-order valence-corrected chi connectivity index (χ4v) is 3.07. The number of rotatable bonds is 4. The monoisotopic (exact) mass is 291 g/mol. The molecule has 0 atom stereocenters. The SMILES string of the molecule is CC1(C)CCC(Cc2ccccc2[N+](=O)[O-])(C(=O)O)CC1. The number of carbonyl (C=O) groups is 1. The zero-order valence-corrected chi connectivity index (χ0v) is 12.5. The number of nitro benzene ring substituents is 1. The van der Waals surface area contributed by atoms with Crippen LogP contribution in [-0.2, 0) is 11.2 Å². The van der Waals surface area contributed by atoms with Gasteiger partial charge in [0.25, 0.3) is 5.69 Å². The van der Waals surface area contributed by atoms with Crippen molar-refractivity contribution in [3.63, 3.8) is 0 Å². The van der Waals surface area contributed by atoms with Gasteiger partial charge in [0, 0.05) is 11.6 Å². The fraction of sp³-hybridized carbons (Fsp3) is 0.562. The summed E-state index contributed by atoms with van der Waals surface area (Å²) in [5, 5.41) is 20.8. The van der Waals surface area contributed by atoms with Crippen LogP contribution in [-0.4, -0.2) is 16.0 Å². The van der Waals surface area contributed by atoms with Crippen LogP contribution >= 0.6 is 0 Å². The summed E-state index contributed by atoms with van der Waals surface area (Å²) in [6.45, 7) is 4.29. The molecule has 1 saturated carbocycles. The molecule has 1 aromatic carbocycles. The molecule has 5 heteroatoms. The van der Waals surface area contributed by atoms with E-state index in [2.05, 4.69) is 13.8 Å². The minimum atomic E-state index is -0.873. The Morgan fingerprint density at radius 2 is 1.81 bits per heavy atom. The third-order valence-corrected chi connectivity index (χ3v) is 4.73. The van der Waals surface area contributed by atoms with Crippen molar-refractivity contribution >= 4 is 11.7 Å². The molecular weight excluding hydrogens is 270 g/mol. The number of benzene rings is 1. The van der Waals surface area contributed by atoms with E-state index in [9.17, 15) is 20.0 Å². The number of carboxylic acid groups (broad SMARTS) is 1. The second kappa shape index (κ2) is 5.47. The molecule has 0 aliphatic heterocycles. The van der Waals surface area contributed by atoms with Crippen LogP contribution in [0.5, 0.6) is 0 Å². The second-order valence-corrected chi connectivity index (χ2v) is 6.81. The quantitative estimate of drug-likeness (QED) is 0.675. The molecule has 0 spiro atoms. The Hall–Kier alpha value is -1.91.